The van der Waals surface area contributed by atoms with E-state index in [1.165, 1.54) is 0 Å². The summed E-state index contributed by atoms with van der Waals surface area (Å²) in [5, 5.41) is 9.07. The minimum atomic E-state index is -0.307. The molecule has 0 aromatic rings. The predicted octanol–water partition coefficient (Wildman–Crippen LogP) is 1.57. The third-order valence-corrected chi connectivity index (χ3v) is 1.75. The normalized spacial score (nSPS) is 13.2. The van der Waals surface area contributed by atoms with Crippen molar-refractivity contribution in [1.82, 2.24) is 0 Å². The van der Waals surface area contributed by atoms with Crippen LogP contribution in [0.15, 0.2) is 12.7 Å². The van der Waals surface area contributed by atoms with Gasteiger partial charge in [-0.2, -0.15) is 0 Å². The fraction of sp³-hybridized carbons (Fsp3) is 0.800. The quantitative estimate of drug-likeness (QED) is 0.464. The molecule has 0 radical (unpaired) electrons. The molecule has 0 aliphatic carbocycles. The van der Waals surface area contributed by atoms with Gasteiger partial charge in [-0.1, -0.05) is 6.08 Å². The maximum atomic E-state index is 9.07. The van der Waals surface area contributed by atoms with E-state index in [9.17, 15) is 0 Å². The predicted molar refractivity (Wildman–Crippen MR) is 52.4 cm³/mol. The second-order valence-electron chi connectivity index (χ2n) is 2.75. The van der Waals surface area contributed by atoms with Gasteiger partial charge in [0, 0.05) is 19.1 Å². The van der Waals surface area contributed by atoms with Crippen LogP contribution >= 0.6 is 0 Å². The largest absolute Gasteiger partial charge is 0.396 e. The highest BCUT2D eigenvalue weighted by Crippen LogP contribution is 2.13. The smallest absolute Gasteiger partial charge is 0.162 e. The molecule has 0 bridgehead atoms. The van der Waals surface area contributed by atoms with Crippen LogP contribution in [0.3, 0.4) is 0 Å². The van der Waals surface area contributed by atoms with Crippen molar-refractivity contribution < 1.29 is 14.6 Å². The van der Waals surface area contributed by atoms with Crippen LogP contribution in [-0.4, -0.2) is 31.2 Å². The Morgan fingerprint density at radius 2 is 1.85 bits per heavy atom. The number of hydrogen-bond acceptors (Lipinski definition) is 3. The molecule has 0 aliphatic rings. The van der Waals surface area contributed by atoms with Crippen molar-refractivity contribution in [3.05, 3.63) is 12.7 Å². The van der Waals surface area contributed by atoms with Gasteiger partial charge in [-0.05, 0) is 20.3 Å². The lowest BCUT2D eigenvalue weighted by atomic mass is 10.1. The molecule has 0 spiro atoms. The van der Waals surface area contributed by atoms with Crippen LogP contribution in [0.5, 0.6) is 0 Å². The highest BCUT2D eigenvalue weighted by atomic mass is 16.7. The third-order valence-electron chi connectivity index (χ3n) is 1.75. The van der Waals surface area contributed by atoms with E-state index < -0.39 is 0 Å². The van der Waals surface area contributed by atoms with Crippen molar-refractivity contribution in [2.24, 2.45) is 5.92 Å². The highest BCUT2D eigenvalue weighted by molar-refractivity contribution is 4.74. The fourth-order valence-corrected chi connectivity index (χ4v) is 1.13. The Balaban J connectivity index is 4.02. The molecule has 13 heavy (non-hydrogen) atoms. The Labute approximate surface area is 80.4 Å². The molecule has 0 amide bonds. The first-order valence-corrected chi connectivity index (χ1v) is 4.75. The SMILES string of the molecule is C=CCC(CO)C(OCC)OCC. The Morgan fingerprint density at radius 3 is 2.15 bits per heavy atom. The van der Waals surface area contributed by atoms with Gasteiger partial charge >= 0.3 is 0 Å². The summed E-state index contributed by atoms with van der Waals surface area (Å²) in [5.41, 5.74) is 0. The van der Waals surface area contributed by atoms with Crippen molar-refractivity contribution in [2.75, 3.05) is 19.8 Å². The van der Waals surface area contributed by atoms with Gasteiger partial charge in [0.25, 0.3) is 0 Å². The van der Waals surface area contributed by atoms with Crippen LogP contribution in [0.1, 0.15) is 20.3 Å². The number of aliphatic hydroxyl groups excluding tert-OH is 1. The minimum Gasteiger partial charge on any atom is -0.396 e. The van der Waals surface area contributed by atoms with Gasteiger partial charge < -0.3 is 14.6 Å². The van der Waals surface area contributed by atoms with Crippen LogP contribution in [0.4, 0.5) is 0 Å². The summed E-state index contributed by atoms with van der Waals surface area (Å²) < 4.78 is 10.7. The first-order chi connectivity index (χ1) is 6.29. The van der Waals surface area contributed by atoms with E-state index in [4.69, 9.17) is 14.6 Å². The van der Waals surface area contributed by atoms with E-state index in [-0.39, 0.29) is 18.8 Å². The van der Waals surface area contributed by atoms with Crippen LogP contribution < -0.4 is 0 Å². The lowest BCUT2D eigenvalue weighted by molar-refractivity contribution is -0.173. The summed E-state index contributed by atoms with van der Waals surface area (Å²) in [7, 11) is 0. The topological polar surface area (TPSA) is 38.7 Å². The Bertz CT molecular complexity index is 119. The van der Waals surface area contributed by atoms with Crippen molar-refractivity contribution in [1.29, 1.82) is 0 Å². The molecule has 0 aromatic heterocycles. The molecule has 0 aliphatic heterocycles. The van der Waals surface area contributed by atoms with Crippen molar-refractivity contribution in [3.63, 3.8) is 0 Å². The van der Waals surface area contributed by atoms with Crippen LogP contribution in [0.25, 0.3) is 0 Å². The zero-order valence-corrected chi connectivity index (χ0v) is 8.53. The molecule has 0 aromatic carbocycles. The first kappa shape index (κ1) is 12.6. The molecule has 3 nitrogen and oxygen atoms in total. The van der Waals surface area contributed by atoms with Gasteiger partial charge in [0.05, 0.1) is 6.61 Å². The van der Waals surface area contributed by atoms with Crippen LogP contribution in [-0.2, 0) is 9.47 Å². The molecule has 0 heterocycles. The lowest BCUT2D eigenvalue weighted by Crippen LogP contribution is -2.29. The summed E-state index contributed by atoms with van der Waals surface area (Å²) in [6.07, 6.45) is 2.17. The van der Waals surface area contributed by atoms with E-state index in [1.807, 2.05) is 13.8 Å². The molecular weight excluding hydrogens is 168 g/mol. The molecule has 78 valence electrons. The highest BCUT2D eigenvalue weighted by Gasteiger charge is 2.19. The van der Waals surface area contributed by atoms with Gasteiger partial charge in [-0.15, -0.1) is 6.58 Å². The van der Waals surface area contributed by atoms with Crippen LogP contribution in [0, 0.1) is 5.92 Å². The Kier molecular flexibility index (Phi) is 7.99. The molecule has 3 heteroatoms. The van der Waals surface area contributed by atoms with E-state index in [1.54, 1.807) is 6.08 Å². The van der Waals surface area contributed by atoms with Gasteiger partial charge in [-0.3, -0.25) is 0 Å². The fourth-order valence-electron chi connectivity index (χ4n) is 1.13. The van der Waals surface area contributed by atoms with E-state index in [0.717, 1.165) is 0 Å². The van der Waals surface area contributed by atoms with Crippen molar-refractivity contribution >= 4 is 0 Å². The Morgan fingerprint density at radius 1 is 1.31 bits per heavy atom. The van der Waals surface area contributed by atoms with Gasteiger partial charge in [0.15, 0.2) is 6.29 Å². The summed E-state index contributed by atoms with van der Waals surface area (Å²) in [6, 6.07) is 0. The third kappa shape index (κ3) is 5.03. The summed E-state index contributed by atoms with van der Waals surface area (Å²) >= 11 is 0. The standard InChI is InChI=1S/C10H20O3/c1-4-7-9(8-11)10(12-5-2)13-6-3/h4,9-11H,1,5-8H2,2-3H3. The second kappa shape index (κ2) is 8.23. The maximum Gasteiger partial charge on any atom is 0.162 e. The van der Waals surface area contributed by atoms with Gasteiger partial charge in [-0.25, -0.2) is 0 Å². The van der Waals surface area contributed by atoms with Gasteiger partial charge in [0.2, 0.25) is 0 Å². The van der Waals surface area contributed by atoms with Crippen LogP contribution in [0.2, 0.25) is 0 Å². The Hall–Kier alpha value is -0.380. The molecular formula is C10H20O3. The maximum absolute atomic E-state index is 9.07. The molecule has 1 unspecified atom stereocenters. The zero-order valence-electron chi connectivity index (χ0n) is 8.53. The van der Waals surface area contributed by atoms with E-state index in [0.29, 0.717) is 19.6 Å². The summed E-state index contributed by atoms with van der Waals surface area (Å²) in [5.74, 6) is -0.00241. The van der Waals surface area contributed by atoms with Gasteiger partial charge in [0.1, 0.15) is 0 Å². The average Bonchev–Trinajstić information content (AvgIpc) is 2.14. The molecule has 1 N–H and O–H groups in total. The number of allylic oxidation sites excluding steroid dienone is 1. The molecule has 0 saturated heterocycles. The summed E-state index contributed by atoms with van der Waals surface area (Å²) in [6.45, 7) is 8.71. The number of rotatable bonds is 8. The first-order valence-electron chi connectivity index (χ1n) is 4.75. The van der Waals surface area contributed by atoms with Crippen molar-refractivity contribution in [2.45, 2.75) is 26.6 Å². The van der Waals surface area contributed by atoms with Crippen molar-refractivity contribution in [3.8, 4) is 0 Å². The number of aliphatic hydroxyl groups is 1. The monoisotopic (exact) mass is 188 g/mol. The zero-order chi connectivity index (χ0) is 10.1. The average molecular weight is 188 g/mol. The molecule has 0 fully saturated rings. The number of hydrogen-bond donors (Lipinski definition) is 1. The molecule has 1 atom stereocenters. The van der Waals surface area contributed by atoms with E-state index >= 15 is 0 Å². The summed E-state index contributed by atoms with van der Waals surface area (Å²) in [4.78, 5) is 0. The minimum absolute atomic E-state index is 0.00241. The molecule has 0 saturated carbocycles. The lowest BCUT2D eigenvalue weighted by Gasteiger charge is -2.24. The van der Waals surface area contributed by atoms with E-state index in [2.05, 4.69) is 6.58 Å². The second-order valence-corrected chi connectivity index (χ2v) is 2.75. The molecule has 0 rings (SSSR count). The number of ether oxygens (including phenoxy) is 2.